The number of hydrogen-bond donors (Lipinski definition) is 2. The number of quaternary nitrogens is 2. The first kappa shape index (κ1) is 32.4. The number of piperidine rings is 2. The van der Waals surface area contributed by atoms with Crippen molar-refractivity contribution < 1.29 is 9.80 Å². The zero-order valence-corrected chi connectivity index (χ0v) is 26.2. The van der Waals surface area contributed by atoms with Crippen molar-refractivity contribution >= 4 is 0 Å². The van der Waals surface area contributed by atoms with E-state index in [2.05, 4.69) is 0 Å². The van der Waals surface area contributed by atoms with Gasteiger partial charge >= 0.3 is 0 Å². The van der Waals surface area contributed by atoms with Crippen molar-refractivity contribution in [1.82, 2.24) is 0 Å². The number of rotatable bonds is 0. The molecule has 3 fully saturated rings. The molecule has 3 rings (SSSR count). The molecule has 3 heterocycles. The number of hydrogen-bond acceptors (Lipinski definition) is 0. The molecular formula is C36H72N2+2. The smallest absolute Gasteiger partial charge is 0.0799 e. The third kappa shape index (κ3) is 16.2. The van der Waals surface area contributed by atoms with E-state index in [0.29, 0.717) is 0 Å². The molecule has 4 unspecified atom stereocenters. The molecule has 2 nitrogen and oxygen atoms in total. The van der Waals surface area contributed by atoms with E-state index >= 15 is 0 Å². The fourth-order valence-corrected chi connectivity index (χ4v) is 8.25. The Morgan fingerprint density at radius 1 is 0.237 bits per heavy atom. The van der Waals surface area contributed by atoms with E-state index < -0.39 is 0 Å². The van der Waals surface area contributed by atoms with Gasteiger partial charge in [-0.25, -0.2) is 0 Å². The Kier molecular flexibility index (Phi) is 19.3. The van der Waals surface area contributed by atoms with Crippen LogP contribution in [-0.4, -0.2) is 39.3 Å². The van der Waals surface area contributed by atoms with E-state index in [1.54, 1.807) is 0 Å². The minimum Gasteiger partial charge on any atom is -0.335 e. The molecule has 4 atom stereocenters. The molecule has 3 aliphatic rings. The molecule has 224 valence electrons. The standard InChI is InChI=1S/C36H70N2/c1-2-5-9-13-17-21-29-37-31-24-28-36(34-37)26-20-16-12-8-4-6-10-14-18-22-30-38-32-23-27-35(33-38)25-19-15-11-7-3-1/h35-36H,1-34H2/p+2. The van der Waals surface area contributed by atoms with Gasteiger partial charge in [0.05, 0.1) is 39.3 Å². The lowest BCUT2D eigenvalue weighted by Crippen LogP contribution is -3.13. The predicted molar refractivity (Wildman–Crippen MR) is 167 cm³/mol. The molecule has 4 bridgehead atoms. The van der Waals surface area contributed by atoms with Gasteiger partial charge in [0, 0.05) is 11.8 Å². The summed E-state index contributed by atoms with van der Waals surface area (Å²) in [5.41, 5.74) is 0. The summed E-state index contributed by atoms with van der Waals surface area (Å²) in [5, 5.41) is 0. The maximum absolute atomic E-state index is 1.95. The van der Waals surface area contributed by atoms with Crippen LogP contribution in [0.1, 0.15) is 180 Å². The van der Waals surface area contributed by atoms with Gasteiger partial charge in [-0.15, -0.1) is 0 Å². The number of nitrogens with one attached hydrogen (secondary N) is 2. The maximum atomic E-state index is 1.95. The zero-order valence-electron chi connectivity index (χ0n) is 26.2. The van der Waals surface area contributed by atoms with Crippen molar-refractivity contribution in [2.24, 2.45) is 11.8 Å². The normalized spacial score (nSPS) is 32.8. The van der Waals surface area contributed by atoms with Crippen molar-refractivity contribution in [3.05, 3.63) is 0 Å². The summed E-state index contributed by atoms with van der Waals surface area (Å²) in [6.07, 6.45) is 42.1. The highest BCUT2D eigenvalue weighted by atomic mass is 15.1. The molecule has 3 aliphatic heterocycles. The third-order valence-electron chi connectivity index (χ3n) is 10.7. The van der Waals surface area contributed by atoms with Gasteiger partial charge in [-0.3, -0.25) is 0 Å². The summed E-state index contributed by atoms with van der Waals surface area (Å²) in [5.74, 6) is 2.09. The Morgan fingerprint density at radius 2 is 0.474 bits per heavy atom. The molecule has 0 aromatic rings. The topological polar surface area (TPSA) is 8.88 Å². The highest BCUT2D eigenvalue weighted by molar-refractivity contribution is 4.64. The fourth-order valence-electron chi connectivity index (χ4n) is 8.25. The van der Waals surface area contributed by atoms with Crippen LogP contribution >= 0.6 is 0 Å². The van der Waals surface area contributed by atoms with Gasteiger partial charge < -0.3 is 9.80 Å². The highest BCUT2D eigenvalue weighted by Gasteiger charge is 2.23. The second-order valence-electron chi connectivity index (χ2n) is 14.3. The first-order valence-corrected chi connectivity index (χ1v) is 18.6. The summed E-state index contributed by atoms with van der Waals surface area (Å²) in [4.78, 5) is 3.91. The van der Waals surface area contributed by atoms with Gasteiger partial charge in [0.25, 0.3) is 0 Å². The van der Waals surface area contributed by atoms with Crippen LogP contribution in [0.4, 0.5) is 0 Å². The molecule has 0 aromatic heterocycles. The Bertz CT molecular complexity index is 473. The summed E-state index contributed by atoms with van der Waals surface area (Å²) in [6, 6.07) is 0. The van der Waals surface area contributed by atoms with Crippen LogP contribution in [0.2, 0.25) is 0 Å². The number of fused-ring (bicyclic) bond motifs is 4. The summed E-state index contributed by atoms with van der Waals surface area (Å²) in [7, 11) is 0. The van der Waals surface area contributed by atoms with E-state index in [9.17, 15) is 0 Å². The molecule has 0 aromatic carbocycles. The van der Waals surface area contributed by atoms with Crippen LogP contribution in [-0.2, 0) is 0 Å². The van der Waals surface area contributed by atoms with Crippen LogP contribution in [0.5, 0.6) is 0 Å². The zero-order chi connectivity index (χ0) is 26.4. The van der Waals surface area contributed by atoms with Gasteiger partial charge in [-0.05, 0) is 64.2 Å². The molecule has 38 heavy (non-hydrogen) atoms. The van der Waals surface area contributed by atoms with Crippen LogP contribution in [0, 0.1) is 11.8 Å². The highest BCUT2D eigenvalue weighted by Crippen LogP contribution is 2.19. The maximum Gasteiger partial charge on any atom is 0.0799 e. The van der Waals surface area contributed by atoms with Gasteiger partial charge in [0.1, 0.15) is 0 Å². The Hall–Kier alpha value is -0.0800. The fraction of sp³-hybridized carbons (Fsp3) is 1.00. The molecule has 2 N–H and O–H groups in total. The minimum absolute atomic E-state index is 1.05. The first-order chi connectivity index (χ1) is 18.9. The Balaban J connectivity index is 1.27. The van der Waals surface area contributed by atoms with Crippen molar-refractivity contribution in [2.45, 2.75) is 180 Å². The molecule has 0 amide bonds. The molecule has 2 heteroatoms. The molecule has 3 saturated heterocycles. The van der Waals surface area contributed by atoms with Crippen LogP contribution in [0.15, 0.2) is 0 Å². The van der Waals surface area contributed by atoms with E-state index in [1.807, 2.05) is 9.80 Å². The largest absolute Gasteiger partial charge is 0.335 e. The van der Waals surface area contributed by atoms with Crippen molar-refractivity contribution in [3.63, 3.8) is 0 Å². The lowest BCUT2D eigenvalue weighted by Gasteiger charge is -2.30. The molecular weight excluding hydrogens is 460 g/mol. The predicted octanol–water partition coefficient (Wildman–Crippen LogP) is 7.95. The molecule has 0 aliphatic carbocycles. The van der Waals surface area contributed by atoms with E-state index in [0.717, 1.165) is 11.8 Å². The third-order valence-corrected chi connectivity index (χ3v) is 10.7. The minimum atomic E-state index is 1.05. The first-order valence-electron chi connectivity index (χ1n) is 18.6. The quantitative estimate of drug-likeness (QED) is 0.313. The lowest BCUT2D eigenvalue weighted by molar-refractivity contribution is -0.909. The van der Waals surface area contributed by atoms with Crippen LogP contribution < -0.4 is 9.80 Å². The van der Waals surface area contributed by atoms with Gasteiger partial charge in [-0.1, -0.05) is 116 Å². The van der Waals surface area contributed by atoms with Gasteiger partial charge in [0.2, 0.25) is 0 Å². The van der Waals surface area contributed by atoms with Crippen molar-refractivity contribution in [3.8, 4) is 0 Å². The second-order valence-corrected chi connectivity index (χ2v) is 14.3. The monoisotopic (exact) mass is 533 g/mol. The lowest BCUT2D eigenvalue weighted by atomic mass is 9.91. The van der Waals surface area contributed by atoms with Crippen LogP contribution in [0.3, 0.4) is 0 Å². The SMILES string of the molecule is C1CCCCCCC[NH+]2CCCC(CCCCCCCCCCCC[NH+]3CCCC(CCCCCC1)C3)C2. The van der Waals surface area contributed by atoms with Crippen molar-refractivity contribution in [2.75, 3.05) is 39.3 Å². The van der Waals surface area contributed by atoms with Gasteiger partial charge in [0.15, 0.2) is 0 Å². The average Bonchev–Trinajstić information content (AvgIpc) is 2.94. The average molecular weight is 533 g/mol. The Morgan fingerprint density at radius 3 is 0.816 bits per heavy atom. The molecule has 0 saturated carbocycles. The van der Waals surface area contributed by atoms with Crippen LogP contribution in [0.25, 0.3) is 0 Å². The summed E-state index contributed by atoms with van der Waals surface area (Å²) in [6.45, 7) is 8.88. The summed E-state index contributed by atoms with van der Waals surface area (Å²) < 4.78 is 0. The van der Waals surface area contributed by atoms with E-state index in [-0.39, 0.29) is 0 Å². The second kappa shape index (κ2) is 22.6. The van der Waals surface area contributed by atoms with E-state index in [4.69, 9.17) is 0 Å². The van der Waals surface area contributed by atoms with E-state index in [1.165, 1.54) is 219 Å². The van der Waals surface area contributed by atoms with Crippen molar-refractivity contribution in [1.29, 1.82) is 0 Å². The molecule has 0 radical (unpaired) electrons. The summed E-state index contributed by atoms with van der Waals surface area (Å²) >= 11 is 0. The van der Waals surface area contributed by atoms with Gasteiger partial charge in [-0.2, -0.15) is 0 Å². The Labute approximate surface area is 240 Å². The molecule has 0 spiro atoms.